The highest BCUT2D eigenvalue weighted by Gasteiger charge is 2.26. The van der Waals surface area contributed by atoms with Crippen molar-refractivity contribution in [1.29, 1.82) is 0 Å². The summed E-state index contributed by atoms with van der Waals surface area (Å²) in [6.45, 7) is 1.69. The van der Waals surface area contributed by atoms with Gasteiger partial charge in [0.05, 0.1) is 0 Å². The SMILES string of the molecule is CC1=CC(=O)C2=CCCC=C2C1=O. The van der Waals surface area contributed by atoms with Crippen LogP contribution < -0.4 is 0 Å². The van der Waals surface area contributed by atoms with Crippen LogP contribution >= 0.6 is 0 Å². The van der Waals surface area contributed by atoms with E-state index in [0.29, 0.717) is 16.7 Å². The Morgan fingerprint density at radius 1 is 1.08 bits per heavy atom. The normalized spacial score (nSPS) is 21.8. The van der Waals surface area contributed by atoms with Gasteiger partial charge in [-0.25, -0.2) is 0 Å². The summed E-state index contributed by atoms with van der Waals surface area (Å²) in [7, 11) is 0. The lowest BCUT2D eigenvalue weighted by atomic mass is 9.84. The molecule has 0 heterocycles. The zero-order valence-corrected chi connectivity index (χ0v) is 7.46. The maximum atomic E-state index is 11.6. The molecule has 0 N–H and O–H groups in total. The van der Waals surface area contributed by atoms with Crippen molar-refractivity contribution in [3.05, 3.63) is 34.9 Å². The highest BCUT2D eigenvalue weighted by atomic mass is 16.1. The van der Waals surface area contributed by atoms with E-state index in [1.807, 2.05) is 12.2 Å². The number of Topliss-reactive ketones (excluding diaryl/α,β-unsaturated/α-hetero) is 1. The Hall–Kier alpha value is -1.44. The molecule has 0 aromatic heterocycles. The molecular formula is C11H10O2. The molecule has 2 heteroatoms. The van der Waals surface area contributed by atoms with E-state index in [9.17, 15) is 9.59 Å². The molecule has 0 unspecified atom stereocenters. The van der Waals surface area contributed by atoms with Crippen LogP contribution in [0, 0.1) is 0 Å². The maximum absolute atomic E-state index is 11.6. The number of carbonyl (C=O) groups excluding carboxylic acids is 2. The van der Waals surface area contributed by atoms with Gasteiger partial charge in [0.15, 0.2) is 11.6 Å². The lowest BCUT2D eigenvalue weighted by molar-refractivity contribution is -0.116. The van der Waals surface area contributed by atoms with Gasteiger partial charge in [0.25, 0.3) is 0 Å². The molecule has 2 aliphatic carbocycles. The summed E-state index contributed by atoms with van der Waals surface area (Å²) in [5.41, 5.74) is 1.76. The first-order valence-electron chi connectivity index (χ1n) is 4.38. The molecule has 0 bridgehead atoms. The third-order valence-corrected chi connectivity index (χ3v) is 2.37. The van der Waals surface area contributed by atoms with Crippen LogP contribution in [0.2, 0.25) is 0 Å². The minimum absolute atomic E-state index is 0.00514. The molecule has 0 spiro atoms. The van der Waals surface area contributed by atoms with Crippen LogP contribution in [0.4, 0.5) is 0 Å². The monoisotopic (exact) mass is 174 g/mol. The van der Waals surface area contributed by atoms with Crippen LogP contribution in [0.1, 0.15) is 19.8 Å². The van der Waals surface area contributed by atoms with E-state index in [-0.39, 0.29) is 11.6 Å². The molecule has 0 aliphatic heterocycles. The third-order valence-electron chi connectivity index (χ3n) is 2.37. The summed E-state index contributed by atoms with van der Waals surface area (Å²) in [5.74, 6) is -0.0198. The second-order valence-electron chi connectivity index (χ2n) is 3.33. The zero-order valence-electron chi connectivity index (χ0n) is 7.46. The van der Waals surface area contributed by atoms with Crippen LogP contribution in [0.25, 0.3) is 0 Å². The highest BCUT2D eigenvalue weighted by molar-refractivity contribution is 6.27. The van der Waals surface area contributed by atoms with Crippen LogP contribution in [-0.4, -0.2) is 11.6 Å². The van der Waals surface area contributed by atoms with Crippen LogP contribution in [0.5, 0.6) is 0 Å². The molecule has 66 valence electrons. The second kappa shape index (κ2) is 2.80. The number of rotatable bonds is 0. The van der Waals surface area contributed by atoms with Gasteiger partial charge in [-0.3, -0.25) is 9.59 Å². The van der Waals surface area contributed by atoms with Crippen LogP contribution in [-0.2, 0) is 9.59 Å². The van der Waals surface area contributed by atoms with Crippen molar-refractivity contribution in [3.63, 3.8) is 0 Å². The van der Waals surface area contributed by atoms with Gasteiger partial charge >= 0.3 is 0 Å². The van der Waals surface area contributed by atoms with E-state index in [4.69, 9.17) is 0 Å². The van der Waals surface area contributed by atoms with Crippen LogP contribution in [0.3, 0.4) is 0 Å². The van der Waals surface area contributed by atoms with Gasteiger partial charge in [0, 0.05) is 16.7 Å². The van der Waals surface area contributed by atoms with Gasteiger partial charge in [-0.1, -0.05) is 12.2 Å². The molecule has 0 aromatic carbocycles. The number of ketones is 2. The van der Waals surface area contributed by atoms with Crippen LogP contribution in [0.15, 0.2) is 34.9 Å². The van der Waals surface area contributed by atoms with Gasteiger partial charge in [-0.05, 0) is 25.8 Å². The molecule has 0 fully saturated rings. The number of hydrogen-bond acceptors (Lipinski definition) is 2. The molecule has 0 saturated carbocycles. The summed E-state index contributed by atoms with van der Waals surface area (Å²) in [5, 5.41) is 0. The van der Waals surface area contributed by atoms with Crippen molar-refractivity contribution >= 4 is 11.6 Å². The van der Waals surface area contributed by atoms with E-state index in [1.165, 1.54) is 6.08 Å². The largest absolute Gasteiger partial charge is 0.289 e. The first-order valence-corrected chi connectivity index (χ1v) is 4.38. The Kier molecular flexibility index (Phi) is 1.76. The lowest BCUT2D eigenvalue weighted by Gasteiger charge is -2.17. The van der Waals surface area contributed by atoms with Crippen molar-refractivity contribution in [3.8, 4) is 0 Å². The first-order chi connectivity index (χ1) is 6.20. The average Bonchev–Trinajstić information content (AvgIpc) is 2.15. The Bertz CT molecular complexity index is 381. The molecule has 0 radical (unpaired) electrons. The Morgan fingerprint density at radius 3 is 2.38 bits per heavy atom. The summed E-state index contributed by atoms with van der Waals surface area (Å²) < 4.78 is 0. The Labute approximate surface area is 76.6 Å². The summed E-state index contributed by atoms with van der Waals surface area (Å²) in [6, 6.07) is 0. The number of fused-ring (bicyclic) bond motifs is 1. The summed E-state index contributed by atoms with van der Waals surface area (Å²) in [6.07, 6.45) is 6.89. The minimum atomic E-state index is -0.0250. The van der Waals surface area contributed by atoms with E-state index >= 15 is 0 Å². The fourth-order valence-corrected chi connectivity index (χ4v) is 1.68. The maximum Gasteiger partial charge on any atom is 0.189 e. The standard InChI is InChI=1S/C11H10O2/c1-7-6-10(12)8-4-2-3-5-9(8)11(7)13/h4-6H,2-3H2,1H3. The van der Waals surface area contributed by atoms with Crippen molar-refractivity contribution in [2.45, 2.75) is 19.8 Å². The Balaban J connectivity index is 2.56. The molecule has 0 aromatic rings. The van der Waals surface area contributed by atoms with E-state index in [1.54, 1.807) is 6.92 Å². The molecule has 13 heavy (non-hydrogen) atoms. The number of allylic oxidation sites excluding steroid dienone is 6. The fourth-order valence-electron chi connectivity index (χ4n) is 1.68. The van der Waals surface area contributed by atoms with E-state index < -0.39 is 0 Å². The predicted octanol–water partition coefficient (Wildman–Crippen LogP) is 1.73. The van der Waals surface area contributed by atoms with Gasteiger partial charge in [-0.2, -0.15) is 0 Å². The molecule has 2 rings (SSSR count). The van der Waals surface area contributed by atoms with Crippen molar-refractivity contribution in [1.82, 2.24) is 0 Å². The van der Waals surface area contributed by atoms with Gasteiger partial charge in [0.2, 0.25) is 0 Å². The number of hydrogen-bond donors (Lipinski definition) is 0. The van der Waals surface area contributed by atoms with Crippen molar-refractivity contribution in [2.75, 3.05) is 0 Å². The van der Waals surface area contributed by atoms with Crippen molar-refractivity contribution in [2.24, 2.45) is 0 Å². The number of carbonyl (C=O) groups is 2. The first kappa shape index (κ1) is 8.17. The fraction of sp³-hybridized carbons (Fsp3) is 0.273. The molecule has 2 aliphatic rings. The minimum Gasteiger partial charge on any atom is -0.289 e. The molecule has 0 saturated heterocycles. The quantitative estimate of drug-likeness (QED) is 0.560. The lowest BCUT2D eigenvalue weighted by Crippen LogP contribution is -2.19. The smallest absolute Gasteiger partial charge is 0.189 e. The zero-order chi connectivity index (χ0) is 9.42. The predicted molar refractivity (Wildman–Crippen MR) is 49.2 cm³/mol. The van der Waals surface area contributed by atoms with Gasteiger partial charge < -0.3 is 0 Å². The van der Waals surface area contributed by atoms with Crippen molar-refractivity contribution < 1.29 is 9.59 Å². The Morgan fingerprint density at radius 2 is 1.69 bits per heavy atom. The van der Waals surface area contributed by atoms with E-state index in [2.05, 4.69) is 0 Å². The van der Waals surface area contributed by atoms with Gasteiger partial charge in [-0.15, -0.1) is 0 Å². The molecule has 2 nitrogen and oxygen atoms in total. The summed E-state index contributed by atoms with van der Waals surface area (Å²) in [4.78, 5) is 23.0. The molecular weight excluding hydrogens is 164 g/mol. The second-order valence-corrected chi connectivity index (χ2v) is 3.33. The molecule has 0 amide bonds. The highest BCUT2D eigenvalue weighted by Crippen LogP contribution is 2.27. The average molecular weight is 174 g/mol. The topological polar surface area (TPSA) is 34.1 Å². The third kappa shape index (κ3) is 1.18. The van der Waals surface area contributed by atoms with Gasteiger partial charge in [0.1, 0.15) is 0 Å². The molecule has 0 atom stereocenters. The van der Waals surface area contributed by atoms with E-state index in [0.717, 1.165) is 12.8 Å². The summed E-state index contributed by atoms with van der Waals surface area (Å²) >= 11 is 0.